The first-order chi connectivity index (χ1) is 25.3. The zero-order valence-electron chi connectivity index (χ0n) is 30.3. The summed E-state index contributed by atoms with van der Waals surface area (Å²) in [6.07, 6.45) is 0.611. The number of likely N-dealkylation sites (tertiary alicyclic amines) is 1. The van der Waals surface area contributed by atoms with Crippen molar-refractivity contribution in [3.8, 4) is 17.2 Å². The third-order valence-electron chi connectivity index (χ3n) is 10.5. The van der Waals surface area contributed by atoms with Gasteiger partial charge in [-0.25, -0.2) is 22.3 Å². The van der Waals surface area contributed by atoms with Crippen LogP contribution in [0, 0.1) is 25.7 Å². The Hall–Kier alpha value is -4.10. The van der Waals surface area contributed by atoms with E-state index in [0.717, 1.165) is 22.3 Å². The third kappa shape index (κ3) is 9.00. The minimum Gasteiger partial charge on any atom is -0.482 e. The van der Waals surface area contributed by atoms with Crippen LogP contribution in [0.25, 0.3) is 0 Å². The summed E-state index contributed by atoms with van der Waals surface area (Å²) in [5.74, 6) is 0.114. The molecular weight excluding hydrogens is 720 g/mol. The highest BCUT2D eigenvalue weighted by molar-refractivity contribution is 7.89. The van der Waals surface area contributed by atoms with E-state index in [-0.39, 0.29) is 24.5 Å². The van der Waals surface area contributed by atoms with Gasteiger partial charge in [-0.3, -0.25) is 0 Å². The molecule has 284 valence electrons. The van der Waals surface area contributed by atoms with E-state index in [4.69, 9.17) is 30.5 Å². The zero-order valence-corrected chi connectivity index (χ0v) is 31.9. The lowest BCUT2D eigenvalue weighted by atomic mass is 9.76. The predicted octanol–water partition coefficient (Wildman–Crippen LogP) is 7.69. The van der Waals surface area contributed by atoms with Crippen LogP contribution in [0.3, 0.4) is 0 Å². The number of halogens is 1. The average Bonchev–Trinajstić information content (AvgIpc) is 3.15. The van der Waals surface area contributed by atoms with Crippen molar-refractivity contribution in [1.82, 2.24) is 9.21 Å². The molecule has 53 heavy (non-hydrogen) atoms. The van der Waals surface area contributed by atoms with Gasteiger partial charge < -0.3 is 29.0 Å². The predicted molar refractivity (Wildman–Crippen MR) is 201 cm³/mol. The molecule has 3 fully saturated rings. The van der Waals surface area contributed by atoms with Crippen LogP contribution in [0.15, 0.2) is 72.8 Å². The molecule has 3 aromatic carbocycles. The lowest BCUT2D eigenvalue weighted by Gasteiger charge is -2.47. The van der Waals surface area contributed by atoms with Crippen LogP contribution in [0.1, 0.15) is 61.0 Å². The van der Waals surface area contributed by atoms with Gasteiger partial charge in [0.2, 0.25) is 10.0 Å². The third-order valence-corrected chi connectivity index (χ3v) is 13.4. The molecule has 1 N–H and O–H groups in total. The highest BCUT2D eigenvalue weighted by Crippen LogP contribution is 2.48. The second kappa shape index (κ2) is 16.5. The summed E-state index contributed by atoms with van der Waals surface area (Å²) in [6.45, 7) is 10.9. The van der Waals surface area contributed by atoms with Crippen molar-refractivity contribution >= 4 is 33.7 Å². The number of rotatable bonds is 11. The number of aryl methyl sites for hydroxylation is 2. The number of benzene rings is 3. The Bertz CT molecular complexity index is 1910. The Morgan fingerprint density at radius 3 is 2.34 bits per heavy atom. The molecule has 11 nitrogen and oxygen atoms in total. The highest BCUT2D eigenvalue weighted by atomic mass is 35.5. The van der Waals surface area contributed by atoms with Crippen molar-refractivity contribution < 1.29 is 42.1 Å². The van der Waals surface area contributed by atoms with Crippen LogP contribution in [-0.4, -0.2) is 78.9 Å². The van der Waals surface area contributed by atoms with E-state index in [9.17, 15) is 23.1 Å². The Morgan fingerprint density at radius 1 is 0.981 bits per heavy atom. The fraction of sp³-hybridized carbons (Fsp3) is 0.450. The minimum atomic E-state index is -3.63. The summed E-state index contributed by atoms with van der Waals surface area (Å²) >= 11 is 6.38. The Labute approximate surface area is 316 Å². The number of amides is 1. The maximum absolute atomic E-state index is 14.0. The van der Waals surface area contributed by atoms with E-state index < -0.39 is 40.0 Å². The number of carbonyl (C=O) groups excluding carboxylic acids is 1. The SMILES string of the molecule is C=C(C)[C@@H]1C[C@@H]2CN(S(=O)(=O)C3CCN(C(=O)OCc4ccccc4)CC3)CC[C@H]2O[C@H]1c1cc(Oc2cc(C)c(Cl)c(C)c2)ccc1OCC(=O)O. The molecule has 0 unspecified atom stereocenters. The number of aliphatic carboxylic acids is 1. The molecule has 3 heterocycles. The van der Waals surface area contributed by atoms with Gasteiger partial charge in [0.05, 0.1) is 17.5 Å². The minimum absolute atomic E-state index is 0.0765. The second-order valence-corrected chi connectivity index (χ2v) is 16.9. The Balaban J connectivity index is 1.14. The van der Waals surface area contributed by atoms with Crippen molar-refractivity contribution in [2.45, 2.75) is 70.5 Å². The van der Waals surface area contributed by atoms with Gasteiger partial charge in [0.15, 0.2) is 6.61 Å². The molecule has 13 heteroatoms. The normalized spacial score (nSPS) is 22.5. The Morgan fingerprint density at radius 2 is 1.68 bits per heavy atom. The maximum Gasteiger partial charge on any atom is 0.410 e. The molecule has 0 aromatic heterocycles. The van der Waals surface area contributed by atoms with E-state index in [2.05, 4.69) is 6.58 Å². The monoisotopic (exact) mass is 766 g/mol. The first kappa shape index (κ1) is 38.6. The number of carbonyl (C=O) groups is 2. The lowest BCUT2D eigenvalue weighted by molar-refractivity contribution is -0.139. The topological polar surface area (TPSA) is 132 Å². The maximum atomic E-state index is 14.0. The summed E-state index contributed by atoms with van der Waals surface area (Å²) in [4.78, 5) is 25.8. The smallest absolute Gasteiger partial charge is 0.410 e. The first-order valence-electron chi connectivity index (χ1n) is 18.0. The standard InChI is InChI=1S/C40H47ClN2O9S/c1-25(2)33-20-29-22-43(53(47,48)32-12-15-42(16-13-32)40(46)50-23-28-8-6-5-7-9-28)17-14-35(29)52-39(33)34-21-30(10-11-36(34)49-24-37(44)45)51-31-18-26(3)38(41)27(4)19-31/h5-11,18-19,21,29,32-33,35,39H,1,12-17,20,22-24H2,2-4H3,(H,44,45)/t29-,33+,35-,39-/m1/s1. The van der Waals surface area contributed by atoms with Crippen LogP contribution < -0.4 is 9.47 Å². The van der Waals surface area contributed by atoms with E-state index in [1.165, 1.54) is 0 Å². The van der Waals surface area contributed by atoms with Gasteiger partial charge in [-0.1, -0.05) is 54.1 Å². The summed E-state index contributed by atoms with van der Waals surface area (Å²) in [6, 6.07) is 18.4. The number of sulfonamides is 1. The van der Waals surface area contributed by atoms with Crippen LogP contribution >= 0.6 is 11.6 Å². The summed E-state index contributed by atoms with van der Waals surface area (Å²) in [5, 5.41) is 9.48. The van der Waals surface area contributed by atoms with Gasteiger partial charge >= 0.3 is 12.1 Å². The molecule has 0 spiro atoms. The molecule has 3 aliphatic rings. The second-order valence-electron chi connectivity index (χ2n) is 14.3. The number of ether oxygens (including phenoxy) is 4. The van der Waals surface area contributed by atoms with Crippen LogP contribution in [0.5, 0.6) is 17.2 Å². The molecule has 3 aliphatic heterocycles. The zero-order chi connectivity index (χ0) is 37.9. The van der Waals surface area contributed by atoms with E-state index in [1.54, 1.807) is 21.3 Å². The van der Waals surface area contributed by atoms with Crippen LogP contribution in [-0.2, 0) is 30.9 Å². The molecule has 6 rings (SSSR count). The van der Waals surface area contributed by atoms with Gasteiger partial charge in [-0.2, -0.15) is 0 Å². The highest BCUT2D eigenvalue weighted by Gasteiger charge is 2.46. The lowest BCUT2D eigenvalue weighted by Crippen LogP contribution is -2.54. The van der Waals surface area contributed by atoms with E-state index in [0.29, 0.717) is 79.7 Å². The number of hydrogen-bond acceptors (Lipinski definition) is 8. The number of piperidine rings is 2. The molecule has 3 saturated heterocycles. The molecule has 1 amide bonds. The van der Waals surface area contributed by atoms with Crippen LogP contribution in [0.2, 0.25) is 5.02 Å². The summed E-state index contributed by atoms with van der Waals surface area (Å²) < 4.78 is 53.9. The van der Waals surface area contributed by atoms with Crippen molar-refractivity contribution in [3.63, 3.8) is 0 Å². The van der Waals surface area contributed by atoms with Crippen molar-refractivity contribution in [2.24, 2.45) is 11.8 Å². The average molecular weight is 767 g/mol. The first-order valence-corrected chi connectivity index (χ1v) is 19.9. The quantitative estimate of drug-likeness (QED) is 0.195. The molecule has 3 aromatic rings. The molecular formula is C40H47ClN2O9S. The van der Waals surface area contributed by atoms with Gasteiger partial charge in [-0.05, 0) is 99.4 Å². The molecule has 0 saturated carbocycles. The number of fused-ring (bicyclic) bond motifs is 1. The van der Waals surface area contributed by atoms with Crippen molar-refractivity contribution in [2.75, 3.05) is 32.8 Å². The van der Waals surface area contributed by atoms with Crippen molar-refractivity contribution in [1.29, 1.82) is 0 Å². The molecule has 0 radical (unpaired) electrons. The van der Waals surface area contributed by atoms with Gasteiger partial charge in [0, 0.05) is 42.7 Å². The van der Waals surface area contributed by atoms with Gasteiger partial charge in [0.1, 0.15) is 23.9 Å². The summed E-state index contributed by atoms with van der Waals surface area (Å²) in [5.41, 5.74) is 4.15. The fourth-order valence-corrected chi connectivity index (χ4v) is 9.74. The Kier molecular flexibility index (Phi) is 12.0. The van der Waals surface area contributed by atoms with Gasteiger partial charge in [0.25, 0.3) is 0 Å². The number of carboxylic acid groups (broad SMARTS) is 1. The number of hydrogen-bond donors (Lipinski definition) is 1. The molecule has 4 atom stereocenters. The number of carboxylic acids is 1. The molecule has 0 bridgehead atoms. The largest absolute Gasteiger partial charge is 0.482 e. The van der Waals surface area contributed by atoms with E-state index in [1.807, 2.05) is 69.3 Å². The van der Waals surface area contributed by atoms with E-state index >= 15 is 0 Å². The van der Waals surface area contributed by atoms with Crippen LogP contribution in [0.4, 0.5) is 4.79 Å². The molecule has 0 aliphatic carbocycles. The number of nitrogens with zero attached hydrogens (tertiary/aromatic N) is 2. The van der Waals surface area contributed by atoms with Crippen molar-refractivity contribution in [3.05, 3.63) is 100 Å². The van der Waals surface area contributed by atoms with Gasteiger partial charge in [-0.15, -0.1) is 0 Å². The summed E-state index contributed by atoms with van der Waals surface area (Å²) in [7, 11) is -3.63. The fourth-order valence-electron chi connectivity index (χ4n) is 7.64.